The van der Waals surface area contributed by atoms with Crippen LogP contribution in [-0.2, 0) is 0 Å². The van der Waals surface area contributed by atoms with E-state index in [4.69, 9.17) is 11.6 Å². The molecule has 0 unspecified atom stereocenters. The molecule has 2 rings (SSSR count). The Morgan fingerprint density at radius 1 is 1.25 bits per heavy atom. The van der Waals surface area contributed by atoms with Gasteiger partial charge in [-0.3, -0.25) is 0 Å². The molecule has 0 aromatic heterocycles. The van der Waals surface area contributed by atoms with Crippen molar-refractivity contribution in [3.05, 3.63) is 34.9 Å². The first-order chi connectivity index (χ1) is 7.72. The lowest BCUT2D eigenvalue weighted by atomic mass is 9.71. The van der Waals surface area contributed by atoms with Crippen LogP contribution in [0, 0.1) is 5.41 Å². The zero-order chi connectivity index (χ0) is 11.6. The number of hydrogen-bond donors (Lipinski definition) is 1. The number of benzene rings is 1. The van der Waals surface area contributed by atoms with Gasteiger partial charge in [-0.15, -0.1) is 0 Å². The van der Waals surface area contributed by atoms with Crippen molar-refractivity contribution in [2.75, 3.05) is 13.1 Å². The summed E-state index contributed by atoms with van der Waals surface area (Å²) in [7, 11) is 0. The average molecular weight is 238 g/mol. The Kier molecular flexibility index (Phi) is 3.56. The molecule has 0 aliphatic carbocycles. The Bertz CT molecular complexity index is 340. The van der Waals surface area contributed by atoms with E-state index >= 15 is 0 Å². The Morgan fingerprint density at radius 2 is 1.88 bits per heavy atom. The van der Waals surface area contributed by atoms with E-state index in [2.05, 4.69) is 31.3 Å². The highest BCUT2D eigenvalue weighted by atomic mass is 35.5. The predicted octanol–water partition coefficient (Wildman–Crippen LogP) is 3.83. The molecule has 1 aliphatic rings. The second kappa shape index (κ2) is 4.77. The van der Waals surface area contributed by atoms with Gasteiger partial charge in [0.1, 0.15) is 0 Å². The van der Waals surface area contributed by atoms with Crippen LogP contribution in [0.15, 0.2) is 24.3 Å². The predicted molar refractivity (Wildman–Crippen MR) is 70.1 cm³/mol. The lowest BCUT2D eigenvalue weighted by Crippen LogP contribution is -2.27. The summed E-state index contributed by atoms with van der Waals surface area (Å²) in [6.07, 6.45) is 2.48. The number of nitrogens with one attached hydrogen (secondary N) is 1. The highest BCUT2D eigenvalue weighted by molar-refractivity contribution is 6.30. The molecule has 1 fully saturated rings. The molecule has 0 radical (unpaired) electrons. The second-order valence-corrected chi connectivity index (χ2v) is 5.24. The van der Waals surface area contributed by atoms with Crippen molar-refractivity contribution in [3.63, 3.8) is 0 Å². The molecule has 1 N–H and O–H groups in total. The summed E-state index contributed by atoms with van der Waals surface area (Å²) in [6.45, 7) is 6.86. The molecule has 1 aliphatic heterocycles. The molecule has 0 spiro atoms. The van der Waals surface area contributed by atoms with E-state index in [0.717, 1.165) is 18.1 Å². The first-order valence-electron chi connectivity index (χ1n) is 6.18. The quantitative estimate of drug-likeness (QED) is 0.843. The summed E-state index contributed by atoms with van der Waals surface area (Å²) in [5.74, 6) is 0.639. The van der Waals surface area contributed by atoms with Gasteiger partial charge in [0.25, 0.3) is 0 Å². The molecule has 1 saturated heterocycles. The van der Waals surface area contributed by atoms with Gasteiger partial charge in [0.05, 0.1) is 0 Å². The topological polar surface area (TPSA) is 12.0 Å². The van der Waals surface area contributed by atoms with E-state index in [1.807, 2.05) is 12.1 Å². The van der Waals surface area contributed by atoms with Crippen molar-refractivity contribution in [1.82, 2.24) is 5.32 Å². The first-order valence-corrected chi connectivity index (χ1v) is 6.56. The molecule has 16 heavy (non-hydrogen) atoms. The Labute approximate surface area is 103 Å². The van der Waals surface area contributed by atoms with Crippen molar-refractivity contribution in [2.45, 2.75) is 32.6 Å². The Balaban J connectivity index is 2.29. The van der Waals surface area contributed by atoms with Crippen LogP contribution < -0.4 is 5.32 Å². The van der Waals surface area contributed by atoms with Gasteiger partial charge in [0.15, 0.2) is 0 Å². The van der Waals surface area contributed by atoms with Crippen LogP contribution in [0.5, 0.6) is 0 Å². The van der Waals surface area contributed by atoms with Crippen molar-refractivity contribution in [1.29, 1.82) is 0 Å². The van der Waals surface area contributed by atoms with Crippen molar-refractivity contribution < 1.29 is 0 Å². The summed E-state index contributed by atoms with van der Waals surface area (Å²) in [5.41, 5.74) is 1.87. The summed E-state index contributed by atoms with van der Waals surface area (Å²) >= 11 is 5.94. The third-order valence-corrected chi connectivity index (χ3v) is 4.50. The zero-order valence-corrected chi connectivity index (χ0v) is 10.8. The van der Waals surface area contributed by atoms with Crippen LogP contribution >= 0.6 is 11.6 Å². The minimum Gasteiger partial charge on any atom is -0.316 e. The molecule has 1 nitrogen and oxygen atoms in total. The molecular weight excluding hydrogens is 218 g/mol. The van der Waals surface area contributed by atoms with Crippen molar-refractivity contribution >= 4 is 11.6 Å². The second-order valence-electron chi connectivity index (χ2n) is 4.80. The number of halogens is 1. The van der Waals surface area contributed by atoms with Crippen LogP contribution in [-0.4, -0.2) is 13.1 Å². The van der Waals surface area contributed by atoms with Gasteiger partial charge < -0.3 is 5.32 Å². The molecule has 0 amide bonds. The van der Waals surface area contributed by atoms with E-state index in [0.29, 0.717) is 11.3 Å². The third-order valence-electron chi connectivity index (χ3n) is 4.25. The van der Waals surface area contributed by atoms with Crippen LogP contribution in [0.3, 0.4) is 0 Å². The van der Waals surface area contributed by atoms with Gasteiger partial charge in [0, 0.05) is 24.0 Å². The summed E-state index contributed by atoms with van der Waals surface area (Å²) in [6, 6.07) is 8.37. The molecule has 0 bridgehead atoms. The van der Waals surface area contributed by atoms with Crippen LogP contribution in [0.4, 0.5) is 0 Å². The van der Waals surface area contributed by atoms with Gasteiger partial charge in [0.2, 0.25) is 0 Å². The molecule has 88 valence electrons. The molecule has 1 atom stereocenters. The van der Waals surface area contributed by atoms with E-state index in [-0.39, 0.29) is 0 Å². The average Bonchev–Trinajstić information content (AvgIpc) is 2.74. The normalized spacial score (nSPS) is 23.6. The summed E-state index contributed by atoms with van der Waals surface area (Å²) in [5, 5.41) is 4.37. The first kappa shape index (κ1) is 11.9. The van der Waals surface area contributed by atoms with Crippen molar-refractivity contribution in [2.24, 2.45) is 5.41 Å². The van der Waals surface area contributed by atoms with E-state index in [9.17, 15) is 0 Å². The maximum absolute atomic E-state index is 5.94. The highest BCUT2D eigenvalue weighted by Crippen LogP contribution is 2.44. The van der Waals surface area contributed by atoms with E-state index in [1.54, 1.807) is 0 Å². The molecule has 2 heteroatoms. The van der Waals surface area contributed by atoms with Crippen LogP contribution in [0.25, 0.3) is 0 Å². The number of hydrogen-bond acceptors (Lipinski definition) is 1. The monoisotopic (exact) mass is 237 g/mol. The van der Waals surface area contributed by atoms with Gasteiger partial charge in [-0.2, -0.15) is 0 Å². The Morgan fingerprint density at radius 3 is 2.44 bits per heavy atom. The molecule has 0 saturated carbocycles. The lowest BCUT2D eigenvalue weighted by molar-refractivity contribution is 0.260. The zero-order valence-electron chi connectivity index (χ0n) is 10.1. The fraction of sp³-hybridized carbons (Fsp3) is 0.571. The number of rotatable bonds is 3. The smallest absolute Gasteiger partial charge is 0.0406 e. The Hall–Kier alpha value is -0.530. The lowest BCUT2D eigenvalue weighted by Gasteiger charge is -2.33. The SMILES string of the molecule is CCC1(CC)CNC[C@H]1c1ccc(Cl)cc1. The van der Waals surface area contributed by atoms with Gasteiger partial charge in [-0.1, -0.05) is 37.6 Å². The maximum Gasteiger partial charge on any atom is 0.0406 e. The van der Waals surface area contributed by atoms with E-state index in [1.165, 1.54) is 18.4 Å². The minimum absolute atomic E-state index is 0.438. The summed E-state index contributed by atoms with van der Waals surface area (Å²) in [4.78, 5) is 0. The van der Waals surface area contributed by atoms with Gasteiger partial charge >= 0.3 is 0 Å². The highest BCUT2D eigenvalue weighted by Gasteiger charge is 2.40. The van der Waals surface area contributed by atoms with Crippen LogP contribution in [0.1, 0.15) is 38.2 Å². The largest absolute Gasteiger partial charge is 0.316 e. The molecular formula is C14H20ClN. The van der Waals surface area contributed by atoms with Gasteiger partial charge in [-0.05, 0) is 36.0 Å². The third kappa shape index (κ3) is 1.99. The van der Waals surface area contributed by atoms with Gasteiger partial charge in [-0.25, -0.2) is 0 Å². The minimum atomic E-state index is 0.438. The summed E-state index contributed by atoms with van der Waals surface area (Å²) < 4.78 is 0. The standard InChI is InChI=1S/C14H20ClN/c1-3-14(4-2)10-16-9-13(14)11-5-7-12(15)8-6-11/h5-8,13,16H,3-4,9-10H2,1-2H3/t13-/m0/s1. The molecule has 1 aromatic carbocycles. The maximum atomic E-state index is 5.94. The fourth-order valence-corrected chi connectivity index (χ4v) is 3.09. The van der Waals surface area contributed by atoms with Crippen molar-refractivity contribution in [3.8, 4) is 0 Å². The fourth-order valence-electron chi connectivity index (χ4n) is 2.96. The van der Waals surface area contributed by atoms with Crippen LogP contribution in [0.2, 0.25) is 5.02 Å². The molecule has 1 heterocycles. The molecule has 1 aromatic rings. The van der Waals surface area contributed by atoms with E-state index < -0.39 is 0 Å².